The smallest absolute Gasteiger partial charge is 0.0701 e. The highest BCUT2D eigenvalue weighted by atomic mass is 32.1. The molecule has 0 saturated carbocycles. The molecule has 0 heterocycles. The Hall–Kier alpha value is 0.230. The summed E-state index contributed by atoms with van der Waals surface area (Å²) in [5.74, 6) is 0.772. The van der Waals surface area contributed by atoms with Crippen LogP contribution in [-0.4, -0.2) is 38.3 Å². The van der Waals surface area contributed by atoms with Gasteiger partial charge < -0.3 is 14.8 Å². The number of ether oxygens (including phenoxy) is 2. The first-order valence-electron chi connectivity index (χ1n) is 6.20. The first kappa shape index (κ1) is 16.2. The predicted octanol–water partition coefficient (Wildman–Crippen LogP) is 2.32. The fourth-order valence-corrected chi connectivity index (χ4v) is 1.38. The van der Waals surface area contributed by atoms with E-state index in [2.05, 4.69) is 31.8 Å². The van der Waals surface area contributed by atoms with Gasteiger partial charge in [0.05, 0.1) is 19.8 Å². The molecule has 0 aromatic rings. The maximum atomic E-state index is 5.45. The number of hydrogen-bond donors (Lipinski definition) is 2. The normalized spacial score (nSPS) is 13.3. The van der Waals surface area contributed by atoms with Gasteiger partial charge in [0.15, 0.2) is 0 Å². The molecular formula is C12H27NO2S. The van der Waals surface area contributed by atoms with E-state index < -0.39 is 0 Å². The van der Waals surface area contributed by atoms with Gasteiger partial charge in [0.1, 0.15) is 0 Å². The molecule has 1 N–H and O–H groups in total. The number of rotatable bonds is 11. The van der Waals surface area contributed by atoms with Crippen LogP contribution in [0.3, 0.4) is 0 Å². The standard InChI is InChI=1S/C12H27NO2S/c1-11(2)5-4-7-14-9-10-15-8-6-13-12(3)16/h11-13,16H,4-10H2,1-3H3. The quantitative estimate of drug-likeness (QED) is 0.335. The van der Waals surface area contributed by atoms with Crippen LogP contribution in [0, 0.1) is 5.92 Å². The van der Waals surface area contributed by atoms with Crippen molar-refractivity contribution in [3.8, 4) is 0 Å². The Morgan fingerprint density at radius 2 is 1.62 bits per heavy atom. The first-order valence-corrected chi connectivity index (χ1v) is 6.71. The van der Waals surface area contributed by atoms with E-state index in [1.165, 1.54) is 6.42 Å². The molecule has 4 heteroatoms. The Kier molecular flexibility index (Phi) is 11.9. The summed E-state index contributed by atoms with van der Waals surface area (Å²) in [6, 6.07) is 0. The van der Waals surface area contributed by atoms with Crippen molar-refractivity contribution in [2.24, 2.45) is 5.92 Å². The fourth-order valence-electron chi connectivity index (χ4n) is 1.26. The Morgan fingerprint density at radius 1 is 1.00 bits per heavy atom. The highest BCUT2D eigenvalue weighted by Gasteiger charge is 1.95. The minimum Gasteiger partial charge on any atom is -0.379 e. The molecule has 0 rings (SSSR count). The van der Waals surface area contributed by atoms with Crippen molar-refractivity contribution in [3.05, 3.63) is 0 Å². The molecule has 0 aliphatic heterocycles. The van der Waals surface area contributed by atoms with Gasteiger partial charge in [-0.25, -0.2) is 0 Å². The van der Waals surface area contributed by atoms with E-state index in [0.717, 1.165) is 32.1 Å². The lowest BCUT2D eigenvalue weighted by Crippen LogP contribution is -2.25. The summed E-state index contributed by atoms with van der Waals surface area (Å²) in [4.78, 5) is 0. The van der Waals surface area contributed by atoms with Crippen LogP contribution in [0.25, 0.3) is 0 Å². The molecule has 0 radical (unpaired) electrons. The SMILES string of the molecule is CC(C)CCCOCCOCCNC(C)S. The van der Waals surface area contributed by atoms with Gasteiger partial charge in [-0.05, 0) is 25.7 Å². The van der Waals surface area contributed by atoms with Crippen LogP contribution in [0.15, 0.2) is 0 Å². The lowest BCUT2D eigenvalue weighted by atomic mass is 10.1. The van der Waals surface area contributed by atoms with Crippen LogP contribution in [-0.2, 0) is 9.47 Å². The van der Waals surface area contributed by atoms with Gasteiger partial charge in [0.25, 0.3) is 0 Å². The maximum absolute atomic E-state index is 5.45. The second-order valence-corrected chi connectivity index (χ2v) is 5.17. The van der Waals surface area contributed by atoms with E-state index in [1.54, 1.807) is 0 Å². The summed E-state index contributed by atoms with van der Waals surface area (Å²) in [6.07, 6.45) is 2.39. The Bertz CT molecular complexity index is 127. The molecule has 0 saturated heterocycles. The number of nitrogens with one attached hydrogen (secondary N) is 1. The molecule has 0 amide bonds. The molecular weight excluding hydrogens is 222 g/mol. The Balaban J connectivity index is 2.93. The van der Waals surface area contributed by atoms with Crippen LogP contribution < -0.4 is 5.32 Å². The molecule has 0 spiro atoms. The predicted molar refractivity (Wildman–Crippen MR) is 72.2 cm³/mol. The van der Waals surface area contributed by atoms with Crippen molar-refractivity contribution in [3.63, 3.8) is 0 Å². The van der Waals surface area contributed by atoms with E-state index in [4.69, 9.17) is 9.47 Å². The molecule has 0 aliphatic carbocycles. The monoisotopic (exact) mass is 249 g/mol. The van der Waals surface area contributed by atoms with Crippen molar-refractivity contribution < 1.29 is 9.47 Å². The van der Waals surface area contributed by atoms with Gasteiger partial charge in [0.2, 0.25) is 0 Å². The second kappa shape index (κ2) is 11.7. The zero-order valence-corrected chi connectivity index (χ0v) is 11.8. The molecule has 1 atom stereocenters. The van der Waals surface area contributed by atoms with Crippen LogP contribution in [0.5, 0.6) is 0 Å². The molecule has 0 aliphatic rings. The lowest BCUT2D eigenvalue weighted by molar-refractivity contribution is 0.0467. The minimum absolute atomic E-state index is 0.232. The molecule has 0 bridgehead atoms. The van der Waals surface area contributed by atoms with Gasteiger partial charge in [0, 0.05) is 18.5 Å². The van der Waals surface area contributed by atoms with Crippen molar-refractivity contribution in [1.82, 2.24) is 5.32 Å². The molecule has 1 unspecified atom stereocenters. The fraction of sp³-hybridized carbons (Fsp3) is 1.00. The lowest BCUT2D eigenvalue weighted by Gasteiger charge is -2.09. The average Bonchev–Trinajstić information content (AvgIpc) is 2.20. The third-order valence-electron chi connectivity index (χ3n) is 2.13. The molecule has 98 valence electrons. The topological polar surface area (TPSA) is 30.5 Å². The highest BCUT2D eigenvalue weighted by molar-refractivity contribution is 7.80. The molecule has 16 heavy (non-hydrogen) atoms. The summed E-state index contributed by atoms with van der Waals surface area (Å²) >= 11 is 4.20. The van der Waals surface area contributed by atoms with Crippen LogP contribution in [0.1, 0.15) is 33.6 Å². The van der Waals surface area contributed by atoms with Gasteiger partial charge in [-0.2, -0.15) is 12.6 Å². The first-order chi connectivity index (χ1) is 7.63. The summed E-state index contributed by atoms with van der Waals surface area (Å²) in [6.45, 7) is 10.3. The van der Waals surface area contributed by atoms with Gasteiger partial charge in [-0.1, -0.05) is 13.8 Å². The second-order valence-electron chi connectivity index (χ2n) is 4.39. The third-order valence-corrected chi connectivity index (χ3v) is 2.31. The number of thiol groups is 1. The highest BCUT2D eigenvalue weighted by Crippen LogP contribution is 2.02. The Morgan fingerprint density at radius 3 is 2.19 bits per heavy atom. The van der Waals surface area contributed by atoms with E-state index in [1.807, 2.05) is 6.92 Å². The molecule has 0 aromatic heterocycles. The maximum Gasteiger partial charge on any atom is 0.0701 e. The zero-order valence-electron chi connectivity index (χ0n) is 10.9. The van der Waals surface area contributed by atoms with E-state index >= 15 is 0 Å². The molecule has 0 aromatic carbocycles. The molecule has 0 fully saturated rings. The van der Waals surface area contributed by atoms with Crippen molar-refractivity contribution >= 4 is 12.6 Å². The van der Waals surface area contributed by atoms with Gasteiger partial charge >= 0.3 is 0 Å². The third kappa shape index (κ3) is 14.2. The van der Waals surface area contributed by atoms with Crippen molar-refractivity contribution in [2.75, 3.05) is 33.0 Å². The average molecular weight is 249 g/mol. The van der Waals surface area contributed by atoms with E-state index in [0.29, 0.717) is 13.2 Å². The van der Waals surface area contributed by atoms with Crippen LogP contribution in [0.4, 0.5) is 0 Å². The van der Waals surface area contributed by atoms with Gasteiger partial charge in [-0.15, -0.1) is 0 Å². The van der Waals surface area contributed by atoms with Crippen molar-refractivity contribution in [2.45, 2.75) is 39.0 Å². The van der Waals surface area contributed by atoms with E-state index in [-0.39, 0.29) is 5.37 Å². The summed E-state index contributed by atoms with van der Waals surface area (Å²) < 4.78 is 10.8. The summed E-state index contributed by atoms with van der Waals surface area (Å²) in [7, 11) is 0. The van der Waals surface area contributed by atoms with Gasteiger partial charge in [-0.3, -0.25) is 0 Å². The summed E-state index contributed by atoms with van der Waals surface area (Å²) in [5, 5.41) is 3.40. The minimum atomic E-state index is 0.232. The molecule has 3 nitrogen and oxygen atoms in total. The largest absolute Gasteiger partial charge is 0.379 e. The Labute approximate surface area is 106 Å². The van der Waals surface area contributed by atoms with Crippen LogP contribution in [0.2, 0.25) is 0 Å². The zero-order chi connectivity index (χ0) is 12.2. The van der Waals surface area contributed by atoms with E-state index in [9.17, 15) is 0 Å². The number of hydrogen-bond acceptors (Lipinski definition) is 4. The summed E-state index contributed by atoms with van der Waals surface area (Å²) in [5.41, 5.74) is 0. The van der Waals surface area contributed by atoms with Crippen molar-refractivity contribution in [1.29, 1.82) is 0 Å². The van der Waals surface area contributed by atoms with Crippen LogP contribution >= 0.6 is 12.6 Å².